The standard InChI is InChI=1S/C29H34N6O8/c1-6-42-28(40)30-18-8-10-22(36)20(13-18)32-26(38)34-24-15(3)12-16(4)25(17(24)5)35-27(39)33-21-14-19(9-11-23(21)37)31-29(41)43-7-2/h8-14,36-37H,6-7H2,1-5H3,(H,30,40)(H,31,41)(H2,32,34,38)(H2,33,35,39). The maximum Gasteiger partial charge on any atom is 0.411 e. The second-order valence-electron chi connectivity index (χ2n) is 9.20. The minimum Gasteiger partial charge on any atom is -0.506 e. The first kappa shape index (κ1) is 31.9. The van der Waals surface area contributed by atoms with Crippen molar-refractivity contribution in [3.63, 3.8) is 0 Å². The number of aromatic hydroxyl groups is 2. The van der Waals surface area contributed by atoms with Gasteiger partial charge in [-0.25, -0.2) is 19.2 Å². The lowest BCUT2D eigenvalue weighted by Gasteiger charge is -2.19. The van der Waals surface area contributed by atoms with Crippen molar-refractivity contribution in [1.29, 1.82) is 0 Å². The number of hydrogen-bond acceptors (Lipinski definition) is 8. The van der Waals surface area contributed by atoms with Crippen molar-refractivity contribution in [1.82, 2.24) is 0 Å². The number of amides is 6. The number of phenolic OH excluding ortho intramolecular Hbond substituents is 2. The molecule has 0 heterocycles. The van der Waals surface area contributed by atoms with Crippen molar-refractivity contribution in [3.8, 4) is 11.5 Å². The van der Waals surface area contributed by atoms with Crippen LogP contribution in [-0.2, 0) is 9.47 Å². The summed E-state index contributed by atoms with van der Waals surface area (Å²) >= 11 is 0. The van der Waals surface area contributed by atoms with E-state index in [-0.39, 0.29) is 36.1 Å². The van der Waals surface area contributed by atoms with Gasteiger partial charge in [0.15, 0.2) is 0 Å². The van der Waals surface area contributed by atoms with Crippen molar-refractivity contribution in [3.05, 3.63) is 59.2 Å². The van der Waals surface area contributed by atoms with Gasteiger partial charge in [-0.3, -0.25) is 10.6 Å². The van der Waals surface area contributed by atoms with Crippen LogP contribution < -0.4 is 31.9 Å². The first-order valence-corrected chi connectivity index (χ1v) is 13.2. The summed E-state index contributed by atoms with van der Waals surface area (Å²) in [5, 5.41) is 36.0. The van der Waals surface area contributed by atoms with Gasteiger partial charge >= 0.3 is 24.2 Å². The molecule has 3 aromatic carbocycles. The van der Waals surface area contributed by atoms with Crippen LogP contribution in [0.5, 0.6) is 11.5 Å². The lowest BCUT2D eigenvalue weighted by molar-refractivity contribution is 0.167. The third-order valence-electron chi connectivity index (χ3n) is 5.98. The molecular formula is C29H34N6O8. The summed E-state index contributed by atoms with van der Waals surface area (Å²) < 4.78 is 9.68. The topological polar surface area (TPSA) is 199 Å². The summed E-state index contributed by atoms with van der Waals surface area (Å²) in [6.07, 6.45) is -1.37. The Balaban J connectivity index is 1.75. The van der Waals surface area contributed by atoms with Crippen LogP contribution in [0.25, 0.3) is 0 Å². The minimum atomic E-state index is -0.690. The molecule has 0 fully saturated rings. The molecule has 0 aliphatic rings. The average molecular weight is 595 g/mol. The van der Waals surface area contributed by atoms with Gasteiger partial charge < -0.3 is 41.0 Å². The fourth-order valence-corrected chi connectivity index (χ4v) is 4.10. The molecule has 228 valence electrons. The van der Waals surface area contributed by atoms with Crippen molar-refractivity contribution in [2.24, 2.45) is 0 Å². The Morgan fingerprint density at radius 3 is 1.37 bits per heavy atom. The van der Waals surface area contributed by atoms with Crippen LogP contribution in [0, 0.1) is 20.8 Å². The SMILES string of the molecule is CCOC(=O)Nc1ccc(O)c(NC(=O)Nc2c(C)cc(C)c(NC(=O)Nc3cc(NC(=O)OCC)ccc3O)c2C)c1. The fraction of sp³-hybridized carbons (Fsp3) is 0.241. The Labute approximate surface area is 247 Å². The van der Waals surface area contributed by atoms with Crippen LogP contribution in [0.3, 0.4) is 0 Å². The Morgan fingerprint density at radius 1 is 0.605 bits per heavy atom. The monoisotopic (exact) mass is 594 g/mol. The van der Waals surface area contributed by atoms with Crippen molar-refractivity contribution < 1.29 is 38.9 Å². The molecule has 0 bridgehead atoms. The van der Waals surface area contributed by atoms with Crippen LogP contribution in [-0.4, -0.2) is 47.7 Å². The van der Waals surface area contributed by atoms with E-state index in [4.69, 9.17) is 9.47 Å². The highest BCUT2D eigenvalue weighted by atomic mass is 16.6. The average Bonchev–Trinajstić information content (AvgIpc) is 2.93. The minimum absolute atomic E-state index is 0.0337. The number of hydrogen-bond donors (Lipinski definition) is 8. The molecule has 0 aliphatic carbocycles. The molecule has 8 N–H and O–H groups in total. The maximum atomic E-state index is 12.9. The number of ether oxygens (including phenoxy) is 2. The molecule has 14 nitrogen and oxygen atoms in total. The number of urea groups is 2. The van der Waals surface area contributed by atoms with Crippen molar-refractivity contribution in [2.75, 3.05) is 45.1 Å². The maximum absolute atomic E-state index is 12.9. The van der Waals surface area contributed by atoms with Gasteiger partial charge in [0.1, 0.15) is 11.5 Å². The quantitative estimate of drug-likeness (QED) is 0.107. The molecule has 0 spiro atoms. The van der Waals surface area contributed by atoms with E-state index in [0.717, 1.165) is 0 Å². The number of aryl methyl sites for hydroxylation is 2. The normalized spacial score (nSPS) is 10.3. The molecule has 0 aliphatic heterocycles. The molecule has 0 aromatic heterocycles. The van der Waals surface area contributed by atoms with Gasteiger partial charge in [-0.2, -0.15) is 0 Å². The van der Waals surface area contributed by atoms with Gasteiger partial charge in [0.25, 0.3) is 0 Å². The van der Waals surface area contributed by atoms with Crippen LogP contribution in [0.4, 0.5) is 53.3 Å². The van der Waals surface area contributed by atoms with Crippen molar-refractivity contribution in [2.45, 2.75) is 34.6 Å². The predicted octanol–water partition coefficient (Wildman–Crippen LogP) is 6.45. The zero-order chi connectivity index (χ0) is 31.7. The molecular weight excluding hydrogens is 560 g/mol. The van der Waals surface area contributed by atoms with Gasteiger partial charge in [0.05, 0.1) is 36.0 Å². The summed E-state index contributed by atoms with van der Waals surface area (Å²) in [6, 6.07) is 8.62. The van der Waals surface area contributed by atoms with Crippen LogP contribution in [0.2, 0.25) is 0 Å². The van der Waals surface area contributed by atoms with E-state index in [9.17, 15) is 29.4 Å². The van der Waals surface area contributed by atoms with E-state index in [2.05, 4.69) is 31.9 Å². The lowest BCUT2D eigenvalue weighted by atomic mass is 10.0. The number of rotatable bonds is 8. The van der Waals surface area contributed by atoms with E-state index in [1.54, 1.807) is 40.7 Å². The molecule has 6 amide bonds. The van der Waals surface area contributed by atoms with Crippen LogP contribution in [0.1, 0.15) is 30.5 Å². The van der Waals surface area contributed by atoms with Crippen LogP contribution in [0.15, 0.2) is 42.5 Å². The number of benzene rings is 3. The summed E-state index contributed by atoms with van der Waals surface area (Å²) in [4.78, 5) is 49.2. The number of nitrogens with one attached hydrogen (secondary N) is 6. The number of anilines is 6. The van der Waals surface area contributed by atoms with Gasteiger partial charge in [-0.15, -0.1) is 0 Å². The summed E-state index contributed by atoms with van der Waals surface area (Å²) in [5.74, 6) is -0.462. The molecule has 3 rings (SSSR count). The van der Waals surface area contributed by atoms with E-state index in [1.165, 1.54) is 36.4 Å². The van der Waals surface area contributed by atoms with E-state index in [0.29, 0.717) is 39.4 Å². The summed E-state index contributed by atoms with van der Waals surface area (Å²) in [7, 11) is 0. The van der Waals surface area contributed by atoms with E-state index < -0.39 is 24.2 Å². The van der Waals surface area contributed by atoms with E-state index >= 15 is 0 Å². The largest absolute Gasteiger partial charge is 0.506 e. The predicted molar refractivity (Wildman–Crippen MR) is 163 cm³/mol. The molecule has 14 heteroatoms. The highest BCUT2D eigenvalue weighted by Crippen LogP contribution is 2.33. The molecule has 0 atom stereocenters. The molecule has 0 saturated carbocycles. The Bertz CT molecular complexity index is 1430. The van der Waals surface area contributed by atoms with Gasteiger partial charge in [0.2, 0.25) is 0 Å². The first-order valence-electron chi connectivity index (χ1n) is 13.2. The van der Waals surface area contributed by atoms with Gasteiger partial charge in [-0.05, 0) is 87.7 Å². The Hall–Kier alpha value is -5.66. The summed E-state index contributed by atoms with van der Waals surface area (Å²) in [5.41, 5.74) is 3.40. The molecule has 0 unspecified atom stereocenters. The first-order chi connectivity index (χ1) is 20.4. The molecule has 0 radical (unpaired) electrons. The highest BCUT2D eigenvalue weighted by Gasteiger charge is 2.18. The van der Waals surface area contributed by atoms with Gasteiger partial charge in [0, 0.05) is 11.4 Å². The summed E-state index contributed by atoms with van der Waals surface area (Å²) in [6.45, 7) is 8.93. The number of carbonyl (C=O) groups excluding carboxylic acids is 4. The fourth-order valence-electron chi connectivity index (χ4n) is 4.10. The highest BCUT2D eigenvalue weighted by molar-refractivity contribution is 6.05. The third kappa shape index (κ3) is 8.66. The second kappa shape index (κ2) is 14.3. The number of carbonyl (C=O) groups is 4. The van der Waals surface area contributed by atoms with Gasteiger partial charge in [-0.1, -0.05) is 6.07 Å². The van der Waals surface area contributed by atoms with Crippen LogP contribution >= 0.6 is 0 Å². The molecule has 3 aromatic rings. The van der Waals surface area contributed by atoms with E-state index in [1.807, 2.05) is 0 Å². The number of phenols is 2. The molecule has 43 heavy (non-hydrogen) atoms. The zero-order valence-corrected chi connectivity index (χ0v) is 24.3. The molecule has 0 saturated heterocycles. The lowest BCUT2D eigenvalue weighted by Crippen LogP contribution is -2.23. The zero-order valence-electron chi connectivity index (χ0n) is 24.3. The Kier molecular flexibility index (Phi) is 10.6. The van der Waals surface area contributed by atoms with Crippen molar-refractivity contribution >= 4 is 58.4 Å². The second-order valence-corrected chi connectivity index (χ2v) is 9.20. The smallest absolute Gasteiger partial charge is 0.411 e. The third-order valence-corrected chi connectivity index (χ3v) is 5.98. The Morgan fingerprint density at radius 2 is 1.00 bits per heavy atom.